The monoisotopic (exact) mass is 338 g/mol. The first-order valence-corrected chi connectivity index (χ1v) is 8.20. The van der Waals surface area contributed by atoms with Crippen molar-refractivity contribution in [1.82, 2.24) is 20.1 Å². The summed E-state index contributed by atoms with van der Waals surface area (Å²) in [5.74, 6) is -0.899. The maximum Gasteiger partial charge on any atom is 0.327 e. The van der Waals surface area contributed by atoms with E-state index in [9.17, 15) is 14.4 Å². The molecule has 0 saturated carbocycles. The number of aromatic amines is 1. The fraction of sp³-hybridized carbons (Fsp3) is 0.278. The van der Waals surface area contributed by atoms with Gasteiger partial charge in [-0.05, 0) is 17.7 Å². The van der Waals surface area contributed by atoms with Crippen LogP contribution in [-0.4, -0.2) is 52.3 Å². The molecule has 4 rings (SSSR count). The predicted molar refractivity (Wildman–Crippen MR) is 91.8 cm³/mol. The van der Waals surface area contributed by atoms with Crippen molar-refractivity contribution in [2.45, 2.75) is 12.5 Å². The Morgan fingerprint density at radius 1 is 1.36 bits per heavy atom. The molecule has 0 radical (unpaired) electrons. The van der Waals surface area contributed by atoms with Gasteiger partial charge in [0.1, 0.15) is 0 Å². The highest BCUT2D eigenvalue weighted by molar-refractivity contribution is 6.04. The van der Waals surface area contributed by atoms with Crippen molar-refractivity contribution < 1.29 is 14.4 Å². The quantitative estimate of drug-likeness (QED) is 0.825. The molecule has 7 heteroatoms. The third-order valence-corrected chi connectivity index (χ3v) is 4.81. The lowest BCUT2D eigenvalue weighted by atomic mass is 9.89. The maximum atomic E-state index is 12.9. The van der Waals surface area contributed by atoms with Gasteiger partial charge < -0.3 is 15.2 Å². The van der Waals surface area contributed by atoms with Crippen LogP contribution in [0.15, 0.2) is 36.9 Å². The van der Waals surface area contributed by atoms with E-state index in [-0.39, 0.29) is 36.9 Å². The molecule has 1 atom stereocenters. The number of fused-ring (bicyclic) bond motifs is 6. The van der Waals surface area contributed by atoms with Crippen LogP contribution in [0.25, 0.3) is 10.9 Å². The molecule has 7 nitrogen and oxygen atoms in total. The zero-order valence-electron chi connectivity index (χ0n) is 13.6. The Morgan fingerprint density at radius 3 is 2.96 bits per heavy atom. The summed E-state index contributed by atoms with van der Waals surface area (Å²) < 4.78 is 0. The Balaban J connectivity index is 1.64. The van der Waals surface area contributed by atoms with Crippen molar-refractivity contribution in [1.29, 1.82) is 0 Å². The Kier molecular flexibility index (Phi) is 3.56. The van der Waals surface area contributed by atoms with Gasteiger partial charge in [0, 0.05) is 36.2 Å². The fourth-order valence-electron chi connectivity index (χ4n) is 3.68. The first kappa shape index (κ1) is 15.4. The van der Waals surface area contributed by atoms with Gasteiger partial charge in [-0.15, -0.1) is 0 Å². The molecule has 0 spiro atoms. The van der Waals surface area contributed by atoms with Gasteiger partial charge in [0.15, 0.2) is 0 Å². The van der Waals surface area contributed by atoms with E-state index in [2.05, 4.69) is 16.9 Å². The van der Waals surface area contributed by atoms with Crippen LogP contribution in [-0.2, 0) is 16.1 Å². The standard InChI is InChI=1S/C18H18N4O3/c1-2-15(23)19-7-8-22-17(24)12-9-21(18(22)25)10-14-16(12)11-5-3-4-6-13(11)20-14/h2-6,12,20H,1,7-10H2,(H,19,23). The number of benzene rings is 1. The van der Waals surface area contributed by atoms with Gasteiger partial charge in [-0.2, -0.15) is 0 Å². The molecule has 2 N–H and O–H groups in total. The second-order valence-corrected chi connectivity index (χ2v) is 6.26. The number of hydrogen-bond donors (Lipinski definition) is 2. The van der Waals surface area contributed by atoms with Crippen molar-refractivity contribution in [3.8, 4) is 0 Å². The minimum Gasteiger partial charge on any atom is -0.357 e. The third-order valence-electron chi connectivity index (χ3n) is 4.81. The maximum absolute atomic E-state index is 12.9. The molecule has 2 aromatic rings. The van der Waals surface area contributed by atoms with Crippen LogP contribution >= 0.6 is 0 Å². The number of para-hydroxylation sites is 1. The number of nitrogens with zero attached hydrogens (tertiary/aromatic N) is 2. The molecule has 1 saturated heterocycles. The van der Waals surface area contributed by atoms with Crippen LogP contribution in [0.5, 0.6) is 0 Å². The van der Waals surface area contributed by atoms with Gasteiger partial charge in [0.05, 0.1) is 12.5 Å². The Labute approximate surface area is 144 Å². The highest BCUT2D eigenvalue weighted by Gasteiger charge is 2.44. The van der Waals surface area contributed by atoms with Crippen LogP contribution in [0.3, 0.4) is 0 Å². The number of rotatable bonds is 4. The first-order chi connectivity index (χ1) is 12.1. The van der Waals surface area contributed by atoms with Gasteiger partial charge >= 0.3 is 6.03 Å². The van der Waals surface area contributed by atoms with E-state index in [0.29, 0.717) is 13.1 Å². The van der Waals surface area contributed by atoms with Crippen molar-refractivity contribution >= 4 is 28.7 Å². The molecular formula is C18H18N4O3. The second kappa shape index (κ2) is 5.77. The van der Waals surface area contributed by atoms with E-state index in [0.717, 1.165) is 28.2 Å². The summed E-state index contributed by atoms with van der Waals surface area (Å²) >= 11 is 0. The van der Waals surface area contributed by atoms with Gasteiger partial charge in [0.25, 0.3) is 0 Å². The van der Waals surface area contributed by atoms with Crippen LogP contribution < -0.4 is 5.32 Å². The van der Waals surface area contributed by atoms with Crippen LogP contribution in [0.2, 0.25) is 0 Å². The summed E-state index contributed by atoms with van der Waals surface area (Å²) in [5, 5.41) is 3.63. The second-order valence-electron chi connectivity index (χ2n) is 6.26. The number of urea groups is 1. The summed E-state index contributed by atoms with van der Waals surface area (Å²) in [4.78, 5) is 43.0. The summed E-state index contributed by atoms with van der Waals surface area (Å²) in [6, 6.07) is 7.56. The van der Waals surface area contributed by atoms with Gasteiger partial charge in [-0.1, -0.05) is 24.8 Å². The minimum atomic E-state index is -0.368. The number of carbonyl (C=O) groups excluding carboxylic acids is 3. The highest BCUT2D eigenvalue weighted by Crippen LogP contribution is 2.38. The number of hydrogen-bond acceptors (Lipinski definition) is 3. The lowest BCUT2D eigenvalue weighted by Gasteiger charge is -2.42. The largest absolute Gasteiger partial charge is 0.357 e. The number of amides is 4. The Bertz CT molecular complexity index is 901. The molecule has 1 unspecified atom stereocenters. The van der Waals surface area contributed by atoms with Gasteiger partial charge in [-0.25, -0.2) is 4.79 Å². The molecule has 4 amide bonds. The molecule has 1 aromatic heterocycles. The third kappa shape index (κ3) is 2.39. The number of aromatic nitrogens is 1. The number of imide groups is 1. The molecule has 2 aliphatic rings. The lowest BCUT2D eigenvalue weighted by molar-refractivity contribution is -0.133. The molecular weight excluding hydrogens is 320 g/mol. The molecule has 0 aliphatic carbocycles. The average molecular weight is 338 g/mol. The molecule has 1 aromatic carbocycles. The van der Waals surface area contributed by atoms with E-state index in [1.807, 2.05) is 24.3 Å². The van der Waals surface area contributed by atoms with E-state index >= 15 is 0 Å². The topological polar surface area (TPSA) is 85.5 Å². The average Bonchev–Trinajstić information content (AvgIpc) is 3.00. The van der Waals surface area contributed by atoms with E-state index in [4.69, 9.17) is 0 Å². The lowest BCUT2D eigenvalue weighted by Crippen LogP contribution is -2.58. The Hall–Kier alpha value is -3.09. The summed E-state index contributed by atoms with van der Waals surface area (Å²) in [6.45, 7) is 4.61. The van der Waals surface area contributed by atoms with E-state index in [1.54, 1.807) is 4.90 Å². The summed E-state index contributed by atoms with van der Waals surface area (Å²) in [7, 11) is 0. The number of carbonyl (C=O) groups is 3. The number of nitrogens with one attached hydrogen (secondary N) is 2. The van der Waals surface area contributed by atoms with Crippen molar-refractivity contribution in [2.75, 3.05) is 19.6 Å². The van der Waals surface area contributed by atoms with Gasteiger partial charge in [0.2, 0.25) is 11.8 Å². The predicted octanol–water partition coefficient (Wildman–Crippen LogP) is 1.33. The summed E-state index contributed by atoms with van der Waals surface area (Å²) in [5.41, 5.74) is 2.90. The van der Waals surface area contributed by atoms with E-state index in [1.165, 1.54) is 4.90 Å². The van der Waals surface area contributed by atoms with Crippen LogP contribution in [0.1, 0.15) is 17.2 Å². The molecule has 3 heterocycles. The zero-order chi connectivity index (χ0) is 17.6. The smallest absolute Gasteiger partial charge is 0.327 e. The SMILES string of the molecule is C=CC(=O)NCCN1C(=O)C2CN(Cc3[nH]c4ccccc4c32)C1=O. The van der Waals surface area contributed by atoms with Crippen molar-refractivity contribution in [2.24, 2.45) is 0 Å². The highest BCUT2D eigenvalue weighted by atomic mass is 16.2. The van der Waals surface area contributed by atoms with Crippen molar-refractivity contribution in [3.05, 3.63) is 48.2 Å². The summed E-state index contributed by atoms with van der Waals surface area (Å²) in [6.07, 6.45) is 1.16. The molecule has 1 fully saturated rings. The van der Waals surface area contributed by atoms with Gasteiger partial charge in [-0.3, -0.25) is 14.5 Å². The molecule has 2 bridgehead atoms. The van der Waals surface area contributed by atoms with Crippen LogP contribution in [0, 0.1) is 0 Å². The molecule has 25 heavy (non-hydrogen) atoms. The number of H-pyrrole nitrogens is 1. The fourth-order valence-corrected chi connectivity index (χ4v) is 3.68. The minimum absolute atomic E-state index is 0.155. The van der Waals surface area contributed by atoms with Crippen LogP contribution in [0.4, 0.5) is 4.79 Å². The zero-order valence-corrected chi connectivity index (χ0v) is 13.6. The van der Waals surface area contributed by atoms with Crippen molar-refractivity contribution in [3.63, 3.8) is 0 Å². The first-order valence-electron chi connectivity index (χ1n) is 8.20. The molecule has 128 valence electrons. The molecule has 2 aliphatic heterocycles. The normalized spacial score (nSPS) is 19.1. The van der Waals surface area contributed by atoms with E-state index < -0.39 is 0 Å². The Morgan fingerprint density at radius 2 is 2.16 bits per heavy atom.